The predicted octanol–water partition coefficient (Wildman–Crippen LogP) is 3.99. The molecule has 11 heteroatoms. The molecule has 5 aromatic rings. The topological polar surface area (TPSA) is 116 Å². The van der Waals surface area contributed by atoms with Crippen LogP contribution in [-0.4, -0.2) is 30.2 Å². The van der Waals surface area contributed by atoms with Gasteiger partial charge >= 0.3 is 0 Å². The normalized spacial score (nSPS) is 11.5. The van der Waals surface area contributed by atoms with Crippen molar-refractivity contribution in [3.8, 4) is 22.7 Å². The van der Waals surface area contributed by atoms with Crippen molar-refractivity contribution in [1.29, 1.82) is 0 Å². The molecule has 3 heterocycles. The largest absolute Gasteiger partial charge is 0.495 e. The molecule has 0 aliphatic rings. The minimum absolute atomic E-state index is 0.0308. The maximum absolute atomic E-state index is 15.2. The molecule has 176 valence electrons. The van der Waals surface area contributed by atoms with Crippen LogP contribution in [-0.2, 0) is 10.0 Å². The molecule has 0 amide bonds. The van der Waals surface area contributed by atoms with E-state index < -0.39 is 21.4 Å². The third-order valence-electron chi connectivity index (χ3n) is 5.30. The molecule has 35 heavy (non-hydrogen) atoms. The van der Waals surface area contributed by atoms with Gasteiger partial charge in [0.05, 0.1) is 28.9 Å². The van der Waals surface area contributed by atoms with Crippen molar-refractivity contribution < 1.29 is 22.1 Å². The molecule has 0 aliphatic carbocycles. The number of aromatic nitrogens is 3. The number of benzene rings is 2. The van der Waals surface area contributed by atoms with Crippen molar-refractivity contribution in [2.24, 2.45) is 0 Å². The molecule has 0 radical (unpaired) electrons. The fourth-order valence-electron chi connectivity index (χ4n) is 3.70. The number of halogens is 1. The van der Waals surface area contributed by atoms with Gasteiger partial charge in [0.2, 0.25) is 0 Å². The summed E-state index contributed by atoms with van der Waals surface area (Å²) < 4.78 is 54.4. The Morgan fingerprint density at radius 2 is 1.91 bits per heavy atom. The molecule has 0 spiro atoms. The summed E-state index contributed by atoms with van der Waals surface area (Å²) in [5.41, 5.74) is 0.705. The van der Waals surface area contributed by atoms with Gasteiger partial charge in [0.15, 0.2) is 5.82 Å². The van der Waals surface area contributed by atoms with Crippen molar-refractivity contribution >= 4 is 26.7 Å². The highest BCUT2D eigenvalue weighted by atomic mass is 32.2. The van der Waals surface area contributed by atoms with Crippen LogP contribution in [0.5, 0.6) is 5.75 Å². The van der Waals surface area contributed by atoms with Crippen LogP contribution in [0.15, 0.2) is 93.4 Å². The molecule has 5 rings (SSSR count). The number of hydrogen-bond acceptors (Lipinski definition) is 7. The molecule has 1 N–H and O–H groups in total. The Bertz CT molecular complexity index is 1700. The van der Waals surface area contributed by atoms with E-state index >= 15 is 4.39 Å². The van der Waals surface area contributed by atoms with E-state index in [1.807, 2.05) is 0 Å². The van der Waals surface area contributed by atoms with Crippen LogP contribution in [0.3, 0.4) is 0 Å². The maximum Gasteiger partial charge on any atom is 0.263 e. The molecule has 0 saturated carbocycles. The Morgan fingerprint density at radius 1 is 1.06 bits per heavy atom. The lowest BCUT2D eigenvalue weighted by molar-refractivity contribution is 0.412. The summed E-state index contributed by atoms with van der Waals surface area (Å²) in [7, 11) is -2.56. The van der Waals surface area contributed by atoms with E-state index in [4.69, 9.17) is 4.74 Å². The number of ether oxygens (including phenoxy) is 1. The van der Waals surface area contributed by atoms with Crippen LogP contribution < -0.4 is 15.0 Å². The summed E-state index contributed by atoms with van der Waals surface area (Å²) in [6.07, 6.45) is 2.79. The summed E-state index contributed by atoms with van der Waals surface area (Å²) in [6.45, 7) is 0. The second kappa shape index (κ2) is 8.69. The van der Waals surface area contributed by atoms with E-state index in [0.717, 1.165) is 0 Å². The fraction of sp³-hybridized carbons (Fsp3) is 0.0417. The Hall–Kier alpha value is -4.51. The van der Waals surface area contributed by atoms with Crippen LogP contribution in [0.25, 0.3) is 27.8 Å². The van der Waals surface area contributed by atoms with Crippen LogP contribution in [0, 0.1) is 5.82 Å². The quantitative estimate of drug-likeness (QED) is 0.381. The average molecular weight is 492 g/mol. The summed E-state index contributed by atoms with van der Waals surface area (Å²) in [4.78, 5) is 17.0. The van der Waals surface area contributed by atoms with Gasteiger partial charge in [-0.3, -0.25) is 19.1 Å². The molecule has 0 saturated heterocycles. The van der Waals surface area contributed by atoms with Crippen molar-refractivity contribution in [3.05, 3.63) is 95.4 Å². The number of anilines is 1. The first-order valence-corrected chi connectivity index (χ1v) is 11.7. The van der Waals surface area contributed by atoms with Crippen molar-refractivity contribution in [2.75, 3.05) is 11.8 Å². The van der Waals surface area contributed by atoms with E-state index in [1.54, 1.807) is 24.4 Å². The van der Waals surface area contributed by atoms with Gasteiger partial charge in [-0.15, -0.1) is 0 Å². The highest BCUT2D eigenvalue weighted by molar-refractivity contribution is 7.92. The van der Waals surface area contributed by atoms with Gasteiger partial charge in [0.25, 0.3) is 15.6 Å². The first-order chi connectivity index (χ1) is 16.9. The van der Waals surface area contributed by atoms with Gasteiger partial charge < -0.3 is 9.26 Å². The van der Waals surface area contributed by atoms with E-state index in [2.05, 4.69) is 19.4 Å². The van der Waals surface area contributed by atoms with Gasteiger partial charge in [-0.05, 0) is 42.5 Å². The van der Waals surface area contributed by atoms with Gasteiger partial charge in [0, 0.05) is 35.3 Å². The molecule has 0 atom stereocenters. The Balaban J connectivity index is 1.65. The van der Waals surface area contributed by atoms with E-state index in [1.165, 1.54) is 66.5 Å². The highest BCUT2D eigenvalue weighted by Gasteiger charge is 2.20. The van der Waals surface area contributed by atoms with Crippen molar-refractivity contribution in [2.45, 2.75) is 4.90 Å². The number of nitrogens with one attached hydrogen (secondary N) is 1. The first kappa shape index (κ1) is 22.3. The van der Waals surface area contributed by atoms with Gasteiger partial charge in [0.1, 0.15) is 17.8 Å². The second-order valence-electron chi connectivity index (χ2n) is 7.44. The lowest BCUT2D eigenvalue weighted by Gasteiger charge is -2.16. The predicted molar refractivity (Wildman–Crippen MR) is 127 cm³/mol. The average Bonchev–Trinajstić information content (AvgIpc) is 3.36. The number of pyridine rings is 2. The van der Waals surface area contributed by atoms with Crippen LogP contribution >= 0.6 is 0 Å². The Labute approximate surface area is 198 Å². The summed E-state index contributed by atoms with van der Waals surface area (Å²) in [6, 6.07) is 16.1. The third kappa shape index (κ3) is 4.13. The zero-order valence-corrected chi connectivity index (χ0v) is 19.0. The smallest absolute Gasteiger partial charge is 0.263 e. The van der Waals surface area contributed by atoms with Gasteiger partial charge in [-0.1, -0.05) is 11.2 Å². The molecule has 0 unspecified atom stereocenters. The molecular weight excluding hydrogens is 475 g/mol. The Morgan fingerprint density at radius 3 is 2.63 bits per heavy atom. The summed E-state index contributed by atoms with van der Waals surface area (Å²) in [5.74, 6) is -0.325. The minimum atomic E-state index is -3.97. The van der Waals surface area contributed by atoms with Gasteiger partial charge in [-0.25, -0.2) is 12.8 Å². The van der Waals surface area contributed by atoms with Crippen LogP contribution in [0.1, 0.15) is 0 Å². The molecule has 2 aromatic carbocycles. The molecule has 0 fully saturated rings. The monoisotopic (exact) mass is 492 g/mol. The molecular formula is C24H17FN4O5S. The SMILES string of the molecule is COc1cc(-c2ccccn2)c(F)cc1-n1c(=O)ccc2cc(S(=O)(=O)Nc3ccon3)ccc21. The fourth-order valence-corrected chi connectivity index (χ4v) is 4.73. The zero-order chi connectivity index (χ0) is 24.6. The number of fused-ring (bicyclic) bond motifs is 1. The Kier molecular flexibility index (Phi) is 5.53. The first-order valence-electron chi connectivity index (χ1n) is 10.3. The number of hydrogen-bond donors (Lipinski definition) is 1. The second-order valence-corrected chi connectivity index (χ2v) is 9.12. The molecule has 0 aliphatic heterocycles. The van der Waals surface area contributed by atoms with Crippen LogP contribution in [0.4, 0.5) is 10.2 Å². The minimum Gasteiger partial charge on any atom is -0.495 e. The van der Waals surface area contributed by atoms with E-state index in [9.17, 15) is 13.2 Å². The van der Waals surface area contributed by atoms with E-state index in [-0.39, 0.29) is 27.7 Å². The summed E-state index contributed by atoms with van der Waals surface area (Å²) in [5, 5.41) is 3.98. The summed E-state index contributed by atoms with van der Waals surface area (Å²) >= 11 is 0. The number of rotatable bonds is 6. The number of methoxy groups -OCH3 is 1. The lowest BCUT2D eigenvalue weighted by atomic mass is 10.1. The number of sulfonamides is 1. The van der Waals surface area contributed by atoms with Crippen molar-refractivity contribution in [3.63, 3.8) is 0 Å². The van der Waals surface area contributed by atoms with Crippen molar-refractivity contribution in [1.82, 2.24) is 14.7 Å². The zero-order valence-electron chi connectivity index (χ0n) is 18.2. The lowest BCUT2D eigenvalue weighted by Crippen LogP contribution is -2.19. The van der Waals surface area contributed by atoms with Gasteiger partial charge in [-0.2, -0.15) is 0 Å². The third-order valence-corrected chi connectivity index (χ3v) is 6.66. The number of nitrogens with zero attached hydrogens (tertiary/aromatic N) is 3. The highest BCUT2D eigenvalue weighted by Crippen LogP contribution is 2.33. The van der Waals surface area contributed by atoms with Crippen LogP contribution in [0.2, 0.25) is 0 Å². The molecule has 3 aromatic heterocycles. The molecule has 9 nitrogen and oxygen atoms in total. The van der Waals surface area contributed by atoms with E-state index in [0.29, 0.717) is 16.6 Å². The standard InChI is InChI=1S/C24H17FN4O5S/c1-33-22-13-17(19-4-2-3-10-26-19)18(25)14-21(22)29-20-7-6-16(12-15(20)5-8-24(29)30)35(31,32)28-23-9-11-34-27-23/h2-14H,1H3,(H,27,28). The maximum atomic E-state index is 15.2. The molecule has 0 bridgehead atoms.